The molecule has 3 N–H and O–H groups in total. The minimum Gasteiger partial charge on any atom is -0.376 e. The Bertz CT molecular complexity index is 1080. The van der Waals surface area contributed by atoms with E-state index in [0.717, 1.165) is 30.8 Å². The summed E-state index contributed by atoms with van der Waals surface area (Å²) in [5.41, 5.74) is 1.14. The van der Waals surface area contributed by atoms with Crippen LogP contribution < -0.4 is 16.0 Å². The second-order valence-electron chi connectivity index (χ2n) is 6.89. The van der Waals surface area contributed by atoms with Crippen LogP contribution in [0.25, 0.3) is 10.1 Å². The number of hydrogen-bond donors (Lipinski definition) is 3. The highest BCUT2D eigenvalue weighted by Crippen LogP contribution is 2.36. The Labute approximate surface area is 181 Å². The predicted octanol–water partition coefficient (Wildman–Crippen LogP) is 5.25. The van der Waals surface area contributed by atoms with E-state index in [4.69, 9.17) is 16.3 Å². The number of ether oxygens (including phenoxy) is 1. The van der Waals surface area contributed by atoms with Gasteiger partial charge in [0.2, 0.25) is 0 Å². The molecule has 30 heavy (non-hydrogen) atoms. The molecule has 3 amide bonds. The molecular weight excluding hydrogens is 429 g/mol. The van der Waals surface area contributed by atoms with E-state index in [2.05, 4.69) is 16.0 Å². The summed E-state index contributed by atoms with van der Waals surface area (Å²) < 4.78 is 19.5. The van der Waals surface area contributed by atoms with Gasteiger partial charge in [-0.15, -0.1) is 11.3 Å². The Balaban J connectivity index is 1.35. The highest BCUT2D eigenvalue weighted by molar-refractivity contribution is 7.21. The van der Waals surface area contributed by atoms with Crippen LogP contribution in [0, 0.1) is 5.82 Å². The molecule has 0 saturated carbocycles. The second kappa shape index (κ2) is 8.99. The quantitative estimate of drug-likeness (QED) is 0.500. The predicted molar refractivity (Wildman–Crippen MR) is 117 cm³/mol. The van der Waals surface area contributed by atoms with E-state index in [9.17, 15) is 14.0 Å². The van der Waals surface area contributed by atoms with Crippen molar-refractivity contribution >= 4 is 56.3 Å². The van der Waals surface area contributed by atoms with Gasteiger partial charge in [-0.2, -0.15) is 0 Å². The van der Waals surface area contributed by atoms with E-state index in [1.807, 2.05) is 0 Å². The maximum Gasteiger partial charge on any atom is 0.319 e. The number of thiophene rings is 1. The van der Waals surface area contributed by atoms with Crippen LogP contribution in [-0.4, -0.2) is 31.2 Å². The molecule has 1 atom stereocenters. The van der Waals surface area contributed by atoms with Gasteiger partial charge in [0.1, 0.15) is 10.7 Å². The van der Waals surface area contributed by atoms with Gasteiger partial charge in [0.05, 0.1) is 11.1 Å². The molecule has 1 saturated heterocycles. The van der Waals surface area contributed by atoms with Gasteiger partial charge in [-0.05, 0) is 55.3 Å². The van der Waals surface area contributed by atoms with E-state index in [1.165, 1.54) is 12.1 Å². The maximum atomic E-state index is 13.4. The second-order valence-corrected chi connectivity index (χ2v) is 8.32. The summed E-state index contributed by atoms with van der Waals surface area (Å²) in [6.07, 6.45) is 2.05. The van der Waals surface area contributed by atoms with Gasteiger partial charge < -0.3 is 20.7 Å². The zero-order valence-electron chi connectivity index (χ0n) is 15.8. The fraction of sp³-hybridized carbons (Fsp3) is 0.238. The molecule has 2 heterocycles. The number of rotatable bonds is 5. The first-order valence-corrected chi connectivity index (χ1v) is 10.6. The normalized spacial score (nSPS) is 15.9. The highest BCUT2D eigenvalue weighted by atomic mass is 35.5. The van der Waals surface area contributed by atoms with Crippen LogP contribution in [0.15, 0.2) is 42.5 Å². The number of nitrogens with one attached hydrogen (secondary N) is 3. The zero-order chi connectivity index (χ0) is 21.1. The van der Waals surface area contributed by atoms with E-state index in [0.29, 0.717) is 37.9 Å². The molecule has 9 heteroatoms. The average molecular weight is 448 g/mol. The van der Waals surface area contributed by atoms with Crippen LogP contribution in [-0.2, 0) is 4.74 Å². The van der Waals surface area contributed by atoms with E-state index in [-0.39, 0.29) is 23.9 Å². The highest BCUT2D eigenvalue weighted by Gasteiger charge is 2.18. The average Bonchev–Trinajstić information content (AvgIpc) is 3.36. The van der Waals surface area contributed by atoms with Crippen LogP contribution in [0.5, 0.6) is 0 Å². The third-order valence-corrected chi connectivity index (χ3v) is 6.37. The van der Waals surface area contributed by atoms with Gasteiger partial charge in [-0.1, -0.05) is 11.6 Å². The summed E-state index contributed by atoms with van der Waals surface area (Å²) >= 11 is 7.43. The number of benzene rings is 2. The molecule has 0 spiro atoms. The van der Waals surface area contributed by atoms with Gasteiger partial charge in [0, 0.05) is 34.6 Å². The number of halogens is 2. The largest absolute Gasteiger partial charge is 0.376 e. The molecule has 3 aromatic rings. The van der Waals surface area contributed by atoms with Gasteiger partial charge in [-0.25, -0.2) is 9.18 Å². The van der Waals surface area contributed by atoms with Gasteiger partial charge in [0.25, 0.3) is 5.91 Å². The third-order valence-electron chi connectivity index (χ3n) is 4.71. The first-order chi connectivity index (χ1) is 14.5. The van der Waals surface area contributed by atoms with Crippen molar-refractivity contribution < 1.29 is 18.7 Å². The molecule has 0 radical (unpaired) electrons. The van der Waals surface area contributed by atoms with Crippen molar-refractivity contribution in [3.05, 3.63) is 58.2 Å². The van der Waals surface area contributed by atoms with Crippen LogP contribution >= 0.6 is 22.9 Å². The van der Waals surface area contributed by atoms with Crippen LogP contribution in [0.1, 0.15) is 22.5 Å². The lowest BCUT2D eigenvalue weighted by molar-refractivity contribution is 0.103. The smallest absolute Gasteiger partial charge is 0.319 e. The monoisotopic (exact) mass is 447 g/mol. The SMILES string of the molecule is O=C(NCC1CCCO1)Nc1ccc(NC(=O)c2sc3cc(F)ccc3c2Cl)cc1. The number of fused-ring (bicyclic) bond motifs is 1. The molecule has 1 unspecified atom stereocenters. The van der Waals surface area contributed by atoms with Crippen molar-refractivity contribution in [3.8, 4) is 0 Å². The molecule has 2 aromatic carbocycles. The fourth-order valence-electron chi connectivity index (χ4n) is 3.20. The van der Waals surface area contributed by atoms with Gasteiger partial charge >= 0.3 is 6.03 Å². The minimum absolute atomic E-state index is 0.0746. The number of amides is 3. The summed E-state index contributed by atoms with van der Waals surface area (Å²) in [5.74, 6) is -0.758. The molecule has 0 bridgehead atoms. The molecule has 1 aliphatic rings. The molecule has 4 rings (SSSR count). The van der Waals surface area contributed by atoms with Gasteiger partial charge in [-0.3, -0.25) is 4.79 Å². The van der Waals surface area contributed by atoms with E-state index >= 15 is 0 Å². The Morgan fingerprint density at radius 2 is 1.87 bits per heavy atom. The molecule has 1 aromatic heterocycles. The summed E-state index contributed by atoms with van der Waals surface area (Å²) in [5, 5.41) is 9.22. The first kappa shape index (κ1) is 20.6. The Kier molecular flexibility index (Phi) is 6.17. The standard InChI is InChI=1S/C21H19ClFN3O3S/c22-18-16-8-3-12(23)10-17(16)30-19(18)20(27)25-13-4-6-14(7-5-13)26-21(28)24-11-15-2-1-9-29-15/h3-8,10,15H,1-2,9,11H2,(H,25,27)(H2,24,26,28). The first-order valence-electron chi connectivity index (χ1n) is 9.45. The number of carbonyl (C=O) groups excluding carboxylic acids is 2. The molecule has 156 valence electrons. The minimum atomic E-state index is -0.379. The Morgan fingerprint density at radius 1 is 1.13 bits per heavy atom. The number of carbonyl (C=O) groups is 2. The van der Waals surface area contributed by atoms with E-state index < -0.39 is 0 Å². The van der Waals surface area contributed by atoms with Crippen LogP contribution in [0.2, 0.25) is 5.02 Å². The summed E-state index contributed by atoms with van der Waals surface area (Å²) in [4.78, 5) is 24.9. The number of anilines is 2. The van der Waals surface area contributed by atoms with Crippen molar-refractivity contribution in [1.29, 1.82) is 0 Å². The zero-order valence-corrected chi connectivity index (χ0v) is 17.4. The topological polar surface area (TPSA) is 79.5 Å². The summed E-state index contributed by atoms with van der Waals surface area (Å²) in [6, 6.07) is 10.6. The molecule has 1 aliphatic heterocycles. The lowest BCUT2D eigenvalue weighted by Gasteiger charge is -2.12. The maximum absolute atomic E-state index is 13.4. The van der Waals surface area contributed by atoms with Crippen molar-refractivity contribution in [2.75, 3.05) is 23.8 Å². The van der Waals surface area contributed by atoms with Crippen molar-refractivity contribution in [3.63, 3.8) is 0 Å². The van der Waals surface area contributed by atoms with Crippen molar-refractivity contribution in [2.45, 2.75) is 18.9 Å². The summed E-state index contributed by atoms with van der Waals surface area (Å²) in [6.45, 7) is 1.21. The molecule has 6 nitrogen and oxygen atoms in total. The molecule has 1 fully saturated rings. The molecule has 0 aliphatic carbocycles. The molecular formula is C21H19ClFN3O3S. The van der Waals surface area contributed by atoms with Crippen LogP contribution in [0.3, 0.4) is 0 Å². The Hall–Kier alpha value is -2.68. The lowest BCUT2D eigenvalue weighted by atomic mass is 10.2. The summed E-state index contributed by atoms with van der Waals surface area (Å²) in [7, 11) is 0. The third kappa shape index (κ3) is 4.72. The van der Waals surface area contributed by atoms with Crippen molar-refractivity contribution in [2.24, 2.45) is 0 Å². The lowest BCUT2D eigenvalue weighted by Crippen LogP contribution is -2.35. The van der Waals surface area contributed by atoms with E-state index in [1.54, 1.807) is 30.3 Å². The number of hydrogen-bond acceptors (Lipinski definition) is 4. The Morgan fingerprint density at radius 3 is 2.57 bits per heavy atom. The number of urea groups is 1. The fourth-order valence-corrected chi connectivity index (χ4v) is 4.63. The van der Waals surface area contributed by atoms with Gasteiger partial charge in [0.15, 0.2) is 0 Å². The van der Waals surface area contributed by atoms with Crippen LogP contribution in [0.4, 0.5) is 20.6 Å². The van der Waals surface area contributed by atoms with Crippen molar-refractivity contribution in [1.82, 2.24) is 5.32 Å².